The van der Waals surface area contributed by atoms with Gasteiger partial charge in [-0.1, -0.05) is 0 Å². The Morgan fingerprint density at radius 3 is 3.11 bits per heavy atom. The molecule has 0 fully saturated rings. The Kier molecular flexibility index (Phi) is 3.97. The van der Waals surface area contributed by atoms with Crippen molar-refractivity contribution in [3.63, 3.8) is 0 Å². The van der Waals surface area contributed by atoms with Gasteiger partial charge in [0.05, 0.1) is 25.5 Å². The number of carbonyl (C=O) groups is 1. The molecule has 0 aliphatic rings. The first kappa shape index (κ1) is 12.9. The Labute approximate surface area is 110 Å². The maximum Gasteiger partial charge on any atom is 0.341 e. The Hall–Kier alpha value is -2.57. The number of pyridine rings is 1. The quantitative estimate of drug-likeness (QED) is 0.771. The van der Waals surface area contributed by atoms with Gasteiger partial charge in [-0.2, -0.15) is 5.10 Å². The van der Waals surface area contributed by atoms with Crippen LogP contribution in [0.5, 0.6) is 0 Å². The van der Waals surface area contributed by atoms with Crippen molar-refractivity contribution in [2.45, 2.75) is 6.54 Å². The number of carbonyl (C=O) groups excluding carboxylic acids is 1. The first-order valence-electron chi connectivity index (χ1n) is 5.76. The molecule has 19 heavy (non-hydrogen) atoms. The summed E-state index contributed by atoms with van der Waals surface area (Å²) in [7, 11) is 1.32. The summed E-state index contributed by atoms with van der Waals surface area (Å²) in [5.74, 6) is -0.0189. The smallest absolute Gasteiger partial charge is 0.341 e. The minimum absolute atomic E-state index is 0.322. The van der Waals surface area contributed by atoms with Crippen LogP contribution in [0, 0.1) is 0 Å². The standard InChI is InChI=1S/C12H15N5O2/c1-19-12(18)10-7-9(13)8-15-11(10)14-4-6-17-5-2-3-16-17/h2-3,5,7-8H,4,6,13H2,1H3,(H,14,15). The summed E-state index contributed by atoms with van der Waals surface area (Å²) in [6, 6.07) is 3.39. The van der Waals surface area contributed by atoms with Crippen molar-refractivity contribution in [1.29, 1.82) is 0 Å². The van der Waals surface area contributed by atoms with E-state index in [-0.39, 0.29) is 0 Å². The molecule has 0 unspecified atom stereocenters. The van der Waals surface area contributed by atoms with Crippen molar-refractivity contribution < 1.29 is 9.53 Å². The minimum Gasteiger partial charge on any atom is -0.465 e. The molecule has 2 aromatic heterocycles. The van der Waals surface area contributed by atoms with Crippen molar-refractivity contribution >= 4 is 17.5 Å². The van der Waals surface area contributed by atoms with Crippen molar-refractivity contribution in [3.8, 4) is 0 Å². The fraction of sp³-hybridized carbons (Fsp3) is 0.250. The number of nitrogens with zero attached hydrogens (tertiary/aromatic N) is 3. The third-order valence-corrected chi connectivity index (χ3v) is 2.51. The number of nitrogen functional groups attached to an aromatic ring is 1. The lowest BCUT2D eigenvalue weighted by molar-refractivity contribution is 0.0601. The molecule has 3 N–H and O–H groups in total. The zero-order chi connectivity index (χ0) is 13.7. The maximum absolute atomic E-state index is 11.6. The molecule has 7 nitrogen and oxygen atoms in total. The lowest BCUT2D eigenvalue weighted by Crippen LogP contribution is -2.15. The van der Waals surface area contributed by atoms with E-state index in [4.69, 9.17) is 10.5 Å². The van der Waals surface area contributed by atoms with E-state index in [9.17, 15) is 4.79 Å². The number of anilines is 2. The van der Waals surface area contributed by atoms with Crippen LogP contribution in [0.4, 0.5) is 11.5 Å². The lowest BCUT2D eigenvalue weighted by Gasteiger charge is -2.10. The number of hydrogen-bond acceptors (Lipinski definition) is 6. The van der Waals surface area contributed by atoms with Crippen molar-refractivity contribution in [2.24, 2.45) is 0 Å². The number of rotatable bonds is 5. The highest BCUT2D eigenvalue weighted by molar-refractivity contribution is 5.95. The second-order valence-electron chi connectivity index (χ2n) is 3.85. The average molecular weight is 261 g/mol. The van der Waals surface area contributed by atoms with Crippen LogP contribution in [-0.4, -0.2) is 34.4 Å². The number of aromatic nitrogens is 3. The van der Waals surface area contributed by atoms with Crippen LogP contribution < -0.4 is 11.1 Å². The summed E-state index contributed by atoms with van der Waals surface area (Å²) in [5, 5.41) is 7.15. The molecule has 0 spiro atoms. The molecule has 0 amide bonds. The number of nitrogens with one attached hydrogen (secondary N) is 1. The van der Waals surface area contributed by atoms with Crippen LogP contribution in [0.2, 0.25) is 0 Å². The normalized spacial score (nSPS) is 10.2. The Morgan fingerprint density at radius 2 is 2.42 bits per heavy atom. The van der Waals surface area contributed by atoms with Gasteiger partial charge in [-0.3, -0.25) is 4.68 Å². The van der Waals surface area contributed by atoms with Crippen molar-refractivity contribution in [3.05, 3.63) is 36.3 Å². The van der Waals surface area contributed by atoms with E-state index >= 15 is 0 Å². The molecule has 2 heterocycles. The van der Waals surface area contributed by atoms with E-state index in [0.717, 1.165) is 0 Å². The summed E-state index contributed by atoms with van der Waals surface area (Å²) in [5.41, 5.74) is 6.35. The van der Waals surface area contributed by atoms with E-state index in [0.29, 0.717) is 30.2 Å². The third-order valence-electron chi connectivity index (χ3n) is 2.51. The van der Waals surface area contributed by atoms with Gasteiger partial charge in [0.15, 0.2) is 0 Å². The van der Waals surface area contributed by atoms with Crippen LogP contribution >= 0.6 is 0 Å². The van der Waals surface area contributed by atoms with Gasteiger partial charge in [-0.05, 0) is 12.1 Å². The van der Waals surface area contributed by atoms with Gasteiger partial charge < -0.3 is 15.8 Å². The monoisotopic (exact) mass is 261 g/mol. The van der Waals surface area contributed by atoms with Crippen LogP contribution in [0.1, 0.15) is 10.4 Å². The van der Waals surface area contributed by atoms with Crippen LogP contribution in [0.3, 0.4) is 0 Å². The van der Waals surface area contributed by atoms with Gasteiger partial charge in [0, 0.05) is 18.9 Å². The molecular weight excluding hydrogens is 246 g/mol. The highest BCUT2D eigenvalue weighted by atomic mass is 16.5. The Bertz CT molecular complexity index is 553. The van der Waals surface area contributed by atoms with Gasteiger partial charge >= 0.3 is 5.97 Å². The summed E-state index contributed by atoms with van der Waals surface area (Å²) >= 11 is 0. The lowest BCUT2D eigenvalue weighted by atomic mass is 10.2. The number of hydrogen-bond donors (Lipinski definition) is 2. The highest BCUT2D eigenvalue weighted by Gasteiger charge is 2.13. The molecule has 0 aliphatic carbocycles. The zero-order valence-electron chi connectivity index (χ0n) is 10.5. The van der Waals surface area contributed by atoms with Crippen molar-refractivity contribution in [2.75, 3.05) is 24.7 Å². The van der Waals surface area contributed by atoms with Crippen LogP contribution in [0.15, 0.2) is 30.7 Å². The summed E-state index contributed by atoms with van der Waals surface area (Å²) in [6.07, 6.45) is 5.06. The molecule has 2 aromatic rings. The zero-order valence-corrected chi connectivity index (χ0v) is 10.5. The van der Waals surface area contributed by atoms with E-state index in [1.165, 1.54) is 19.4 Å². The fourth-order valence-electron chi connectivity index (χ4n) is 1.61. The van der Waals surface area contributed by atoms with E-state index in [2.05, 4.69) is 15.4 Å². The molecule has 0 aromatic carbocycles. The third kappa shape index (κ3) is 3.21. The topological polar surface area (TPSA) is 95.1 Å². The summed E-state index contributed by atoms with van der Waals surface area (Å²) < 4.78 is 6.47. The number of ether oxygens (including phenoxy) is 1. The van der Waals surface area contributed by atoms with Gasteiger partial charge in [-0.25, -0.2) is 9.78 Å². The van der Waals surface area contributed by atoms with E-state index in [1.54, 1.807) is 10.9 Å². The first-order valence-corrected chi connectivity index (χ1v) is 5.76. The van der Waals surface area contributed by atoms with Gasteiger partial charge in [0.2, 0.25) is 0 Å². The molecule has 7 heteroatoms. The van der Waals surface area contributed by atoms with Crippen LogP contribution in [-0.2, 0) is 11.3 Å². The second-order valence-corrected chi connectivity index (χ2v) is 3.85. The Balaban J connectivity index is 2.04. The second kappa shape index (κ2) is 5.85. The molecule has 0 aliphatic heterocycles. The number of nitrogens with two attached hydrogens (primary N) is 1. The van der Waals surface area contributed by atoms with Crippen molar-refractivity contribution in [1.82, 2.24) is 14.8 Å². The summed E-state index contributed by atoms with van der Waals surface area (Å²) in [4.78, 5) is 15.7. The van der Waals surface area contributed by atoms with Gasteiger partial charge in [0.1, 0.15) is 11.4 Å². The SMILES string of the molecule is COC(=O)c1cc(N)cnc1NCCn1cccn1. The molecule has 100 valence electrons. The molecule has 0 radical (unpaired) electrons. The summed E-state index contributed by atoms with van der Waals surface area (Å²) in [6.45, 7) is 1.25. The largest absolute Gasteiger partial charge is 0.465 e. The molecule has 2 rings (SSSR count). The maximum atomic E-state index is 11.6. The number of methoxy groups -OCH3 is 1. The predicted octanol–water partition coefficient (Wildman–Crippen LogP) is 0.759. The molecule has 0 atom stereocenters. The molecule has 0 saturated heterocycles. The molecule has 0 saturated carbocycles. The van der Waals surface area contributed by atoms with Gasteiger partial charge in [-0.15, -0.1) is 0 Å². The van der Waals surface area contributed by atoms with Gasteiger partial charge in [0.25, 0.3) is 0 Å². The molecular formula is C12H15N5O2. The number of esters is 1. The Morgan fingerprint density at radius 1 is 1.58 bits per heavy atom. The first-order chi connectivity index (χ1) is 9.20. The predicted molar refractivity (Wildman–Crippen MR) is 70.7 cm³/mol. The highest BCUT2D eigenvalue weighted by Crippen LogP contribution is 2.16. The van der Waals surface area contributed by atoms with E-state index in [1.807, 2.05) is 12.3 Å². The molecule has 0 bridgehead atoms. The average Bonchev–Trinajstić information content (AvgIpc) is 2.92. The van der Waals surface area contributed by atoms with Crippen LogP contribution in [0.25, 0.3) is 0 Å². The fourth-order valence-corrected chi connectivity index (χ4v) is 1.61. The van der Waals surface area contributed by atoms with E-state index < -0.39 is 5.97 Å². The minimum atomic E-state index is -0.471.